The van der Waals surface area contributed by atoms with Gasteiger partial charge in [0.1, 0.15) is 11.9 Å². The molecule has 0 aliphatic heterocycles. The van der Waals surface area contributed by atoms with Crippen LogP contribution in [-0.4, -0.2) is 26.2 Å². The Hall–Kier alpha value is -1.46. The number of aliphatic hydroxyl groups is 1. The highest BCUT2D eigenvalue weighted by Gasteiger charge is 2.11. The molecular formula is C9H12N4O. The van der Waals surface area contributed by atoms with E-state index in [0.717, 1.165) is 5.52 Å². The molecule has 1 unspecified atom stereocenters. The molecule has 3 N–H and O–H groups in total. The molecule has 0 amide bonds. The molecule has 0 saturated carbocycles. The van der Waals surface area contributed by atoms with Gasteiger partial charge in [0.25, 0.3) is 0 Å². The van der Waals surface area contributed by atoms with Crippen LogP contribution in [0.15, 0.2) is 18.3 Å². The Bertz CT molecular complexity index is 451. The molecule has 0 spiro atoms. The van der Waals surface area contributed by atoms with E-state index in [9.17, 15) is 5.11 Å². The topological polar surface area (TPSA) is 76.4 Å². The Balaban J connectivity index is 2.61. The van der Waals surface area contributed by atoms with Gasteiger partial charge >= 0.3 is 0 Å². The van der Waals surface area contributed by atoms with Crippen LogP contribution in [0.1, 0.15) is 17.6 Å². The molecule has 5 heteroatoms. The van der Waals surface area contributed by atoms with E-state index < -0.39 is 6.10 Å². The minimum absolute atomic E-state index is 0.190. The Labute approximate surface area is 81.2 Å². The van der Waals surface area contributed by atoms with Gasteiger partial charge in [-0.05, 0) is 19.1 Å². The monoisotopic (exact) mass is 192 g/mol. The van der Waals surface area contributed by atoms with E-state index >= 15 is 0 Å². The smallest absolute Gasteiger partial charge is 0.146 e. The van der Waals surface area contributed by atoms with Gasteiger partial charge in [0.05, 0.1) is 17.4 Å². The maximum absolute atomic E-state index is 9.60. The maximum atomic E-state index is 9.60. The van der Waals surface area contributed by atoms with Gasteiger partial charge in [-0.3, -0.25) is 0 Å². The molecule has 0 aliphatic rings. The first-order chi connectivity index (χ1) is 6.72. The third-order valence-electron chi connectivity index (χ3n) is 2.11. The van der Waals surface area contributed by atoms with E-state index in [1.807, 2.05) is 6.07 Å². The van der Waals surface area contributed by atoms with Gasteiger partial charge < -0.3 is 10.8 Å². The lowest BCUT2D eigenvalue weighted by atomic mass is 10.3. The number of aryl methyl sites for hydroxylation is 1. The van der Waals surface area contributed by atoms with Crippen LogP contribution in [0.4, 0.5) is 0 Å². The summed E-state index contributed by atoms with van der Waals surface area (Å²) in [5.74, 6) is 0.666. The van der Waals surface area contributed by atoms with Crippen molar-refractivity contribution < 1.29 is 5.11 Å². The van der Waals surface area contributed by atoms with E-state index in [1.165, 1.54) is 0 Å². The molecule has 2 rings (SSSR count). The summed E-state index contributed by atoms with van der Waals surface area (Å²) in [4.78, 5) is 4.06. The number of nitrogens with zero attached hydrogens (tertiary/aromatic N) is 3. The number of aliphatic hydroxyl groups excluding tert-OH is 1. The van der Waals surface area contributed by atoms with Gasteiger partial charge in [-0.25, -0.2) is 9.50 Å². The van der Waals surface area contributed by atoms with Gasteiger partial charge in [-0.2, -0.15) is 5.10 Å². The van der Waals surface area contributed by atoms with Crippen LogP contribution >= 0.6 is 0 Å². The number of nitrogens with two attached hydrogens (primary N) is 1. The van der Waals surface area contributed by atoms with Crippen LogP contribution in [-0.2, 0) is 0 Å². The summed E-state index contributed by atoms with van der Waals surface area (Å²) in [6.45, 7) is 1.99. The van der Waals surface area contributed by atoms with Gasteiger partial charge in [0.15, 0.2) is 0 Å². The molecule has 74 valence electrons. The molecule has 2 aromatic heterocycles. The van der Waals surface area contributed by atoms with Crippen molar-refractivity contribution in [2.75, 3.05) is 6.54 Å². The third-order valence-corrected chi connectivity index (χ3v) is 2.11. The average molecular weight is 192 g/mol. The minimum Gasteiger partial charge on any atom is -0.385 e. The summed E-state index contributed by atoms with van der Waals surface area (Å²) in [6, 6.07) is 3.66. The fraction of sp³-hybridized carbons (Fsp3) is 0.333. The number of fused-ring (bicyclic) bond motifs is 1. The Morgan fingerprint density at radius 1 is 1.57 bits per heavy atom. The normalized spacial score (nSPS) is 13.4. The average Bonchev–Trinajstić information content (AvgIpc) is 2.59. The summed E-state index contributed by atoms with van der Waals surface area (Å²) in [5.41, 5.74) is 6.95. The Kier molecular flexibility index (Phi) is 2.18. The van der Waals surface area contributed by atoms with Gasteiger partial charge in [-0.15, -0.1) is 0 Å². The van der Waals surface area contributed by atoms with Crippen LogP contribution in [0.25, 0.3) is 5.52 Å². The largest absolute Gasteiger partial charge is 0.385 e. The van der Waals surface area contributed by atoms with E-state index in [2.05, 4.69) is 10.1 Å². The molecule has 0 bridgehead atoms. The summed E-state index contributed by atoms with van der Waals surface area (Å²) in [7, 11) is 0. The van der Waals surface area contributed by atoms with Crippen molar-refractivity contribution >= 4 is 5.52 Å². The summed E-state index contributed by atoms with van der Waals surface area (Å²) in [6.07, 6.45) is 1.04. The lowest BCUT2D eigenvalue weighted by Crippen LogP contribution is -2.14. The molecule has 2 heterocycles. The predicted molar refractivity (Wildman–Crippen MR) is 51.7 cm³/mol. The predicted octanol–water partition coefficient (Wildman–Crippen LogP) is 0.0298. The van der Waals surface area contributed by atoms with Crippen LogP contribution in [0, 0.1) is 6.92 Å². The fourth-order valence-corrected chi connectivity index (χ4v) is 1.38. The second-order valence-corrected chi connectivity index (χ2v) is 3.15. The molecular weight excluding hydrogens is 180 g/mol. The molecule has 1 atom stereocenters. The molecule has 5 nitrogen and oxygen atoms in total. The molecule has 0 aromatic carbocycles. The van der Waals surface area contributed by atoms with Crippen molar-refractivity contribution in [2.45, 2.75) is 13.0 Å². The van der Waals surface area contributed by atoms with Crippen molar-refractivity contribution in [1.82, 2.24) is 14.6 Å². The Morgan fingerprint density at radius 3 is 3.07 bits per heavy atom. The second-order valence-electron chi connectivity index (χ2n) is 3.15. The van der Waals surface area contributed by atoms with Crippen molar-refractivity contribution in [1.29, 1.82) is 0 Å². The van der Waals surface area contributed by atoms with Crippen LogP contribution in [0.2, 0.25) is 0 Å². The summed E-state index contributed by atoms with van der Waals surface area (Å²) >= 11 is 0. The number of aromatic nitrogens is 3. The van der Waals surface area contributed by atoms with E-state index in [4.69, 9.17) is 5.73 Å². The van der Waals surface area contributed by atoms with E-state index in [-0.39, 0.29) is 6.54 Å². The molecule has 0 fully saturated rings. The molecule has 0 radical (unpaired) electrons. The fourth-order valence-electron chi connectivity index (χ4n) is 1.38. The molecule has 14 heavy (non-hydrogen) atoms. The standard InChI is InChI=1S/C9H12N4O/c1-6-11-5-7-2-3-8(9(14)4-10)13(7)12-6/h2-3,5,9,14H,4,10H2,1H3. The first kappa shape index (κ1) is 9.11. The molecule has 0 saturated heterocycles. The Morgan fingerprint density at radius 2 is 2.36 bits per heavy atom. The summed E-state index contributed by atoms with van der Waals surface area (Å²) < 4.78 is 1.67. The second kappa shape index (κ2) is 3.36. The van der Waals surface area contributed by atoms with Crippen molar-refractivity contribution in [3.8, 4) is 0 Å². The zero-order valence-corrected chi connectivity index (χ0v) is 7.88. The number of hydrogen-bond acceptors (Lipinski definition) is 4. The lowest BCUT2D eigenvalue weighted by Gasteiger charge is -2.07. The van der Waals surface area contributed by atoms with Crippen molar-refractivity contribution in [2.24, 2.45) is 5.73 Å². The van der Waals surface area contributed by atoms with E-state index in [0.29, 0.717) is 11.5 Å². The number of hydrogen-bond donors (Lipinski definition) is 2. The number of rotatable bonds is 2. The zero-order valence-electron chi connectivity index (χ0n) is 7.88. The maximum Gasteiger partial charge on any atom is 0.146 e. The lowest BCUT2D eigenvalue weighted by molar-refractivity contribution is 0.179. The third kappa shape index (κ3) is 1.36. The van der Waals surface area contributed by atoms with Crippen LogP contribution in [0.3, 0.4) is 0 Å². The molecule has 0 aliphatic carbocycles. The van der Waals surface area contributed by atoms with Crippen molar-refractivity contribution in [3.05, 3.63) is 29.8 Å². The first-order valence-corrected chi connectivity index (χ1v) is 4.42. The summed E-state index contributed by atoms with van der Waals surface area (Å²) in [5, 5.41) is 13.8. The minimum atomic E-state index is -0.674. The van der Waals surface area contributed by atoms with Gasteiger partial charge in [0, 0.05) is 6.54 Å². The quantitative estimate of drug-likeness (QED) is 0.703. The van der Waals surface area contributed by atoms with Crippen LogP contribution in [0.5, 0.6) is 0 Å². The van der Waals surface area contributed by atoms with Crippen molar-refractivity contribution in [3.63, 3.8) is 0 Å². The highest BCUT2D eigenvalue weighted by Crippen LogP contribution is 2.14. The first-order valence-electron chi connectivity index (χ1n) is 4.42. The molecule has 2 aromatic rings. The van der Waals surface area contributed by atoms with Gasteiger partial charge in [0.2, 0.25) is 0 Å². The van der Waals surface area contributed by atoms with Crippen LogP contribution < -0.4 is 5.73 Å². The highest BCUT2D eigenvalue weighted by molar-refractivity contribution is 5.46. The van der Waals surface area contributed by atoms with Gasteiger partial charge in [-0.1, -0.05) is 0 Å². The zero-order chi connectivity index (χ0) is 10.1. The SMILES string of the molecule is Cc1ncc2ccc(C(O)CN)n2n1. The van der Waals surface area contributed by atoms with E-state index in [1.54, 1.807) is 23.7 Å². The highest BCUT2D eigenvalue weighted by atomic mass is 16.3.